The number of aromatic amines is 1. The summed E-state index contributed by atoms with van der Waals surface area (Å²) >= 11 is 3.44. The number of benzene rings is 1. The van der Waals surface area contributed by atoms with Crippen LogP contribution in [0.15, 0.2) is 28.7 Å². The van der Waals surface area contributed by atoms with Crippen molar-refractivity contribution in [3.8, 4) is 11.3 Å². The monoisotopic (exact) mass is 398 g/mol. The maximum absolute atomic E-state index is 12.3. The highest BCUT2D eigenvalue weighted by Gasteiger charge is 2.24. The minimum atomic E-state index is 0. The average Bonchev–Trinajstić information content (AvgIpc) is 3.17. The number of aromatic nitrogens is 2. The summed E-state index contributed by atoms with van der Waals surface area (Å²) in [4.78, 5) is 12.3. The van der Waals surface area contributed by atoms with Gasteiger partial charge in [0, 0.05) is 16.6 Å². The van der Waals surface area contributed by atoms with Gasteiger partial charge in [0.05, 0.1) is 11.6 Å². The number of hydrogen-bond donors (Lipinski definition) is 3. The van der Waals surface area contributed by atoms with Gasteiger partial charge in [0.2, 0.25) is 5.91 Å². The molecule has 0 aliphatic carbocycles. The van der Waals surface area contributed by atoms with Crippen molar-refractivity contribution in [1.82, 2.24) is 15.5 Å². The van der Waals surface area contributed by atoms with Gasteiger partial charge in [-0.15, -0.1) is 12.4 Å². The molecule has 1 fully saturated rings. The van der Waals surface area contributed by atoms with E-state index in [1.807, 2.05) is 24.3 Å². The third-order valence-electron chi connectivity index (χ3n) is 4.03. The fourth-order valence-corrected chi connectivity index (χ4v) is 3.03. The average molecular weight is 400 g/mol. The molecule has 1 atom stereocenters. The first-order valence-electron chi connectivity index (χ1n) is 7.53. The molecule has 1 aliphatic heterocycles. The third-order valence-corrected chi connectivity index (χ3v) is 4.55. The number of carbonyl (C=O) groups is 1. The van der Waals surface area contributed by atoms with Crippen molar-refractivity contribution in [2.75, 3.05) is 18.4 Å². The van der Waals surface area contributed by atoms with Crippen LogP contribution in [0.4, 0.5) is 5.82 Å². The number of hydrogen-bond acceptors (Lipinski definition) is 3. The number of carbonyl (C=O) groups excluding carboxylic acids is 1. The van der Waals surface area contributed by atoms with Crippen molar-refractivity contribution >= 4 is 40.1 Å². The largest absolute Gasteiger partial charge is 0.316 e. The lowest BCUT2D eigenvalue weighted by atomic mass is 10.1. The van der Waals surface area contributed by atoms with E-state index >= 15 is 0 Å². The van der Waals surface area contributed by atoms with E-state index in [2.05, 4.69) is 43.7 Å². The highest BCUT2D eigenvalue weighted by Crippen LogP contribution is 2.28. The number of H-pyrrole nitrogens is 1. The quantitative estimate of drug-likeness (QED) is 0.738. The van der Waals surface area contributed by atoms with E-state index in [1.54, 1.807) is 0 Å². The number of amides is 1. The fraction of sp³-hybridized carbons (Fsp3) is 0.375. The Balaban J connectivity index is 0.00000192. The highest BCUT2D eigenvalue weighted by molar-refractivity contribution is 9.10. The molecule has 3 N–H and O–H groups in total. The number of nitrogens with one attached hydrogen (secondary N) is 3. The molecule has 23 heavy (non-hydrogen) atoms. The molecule has 1 unspecified atom stereocenters. The Morgan fingerprint density at radius 2 is 2.13 bits per heavy atom. The molecule has 1 aromatic heterocycles. The van der Waals surface area contributed by atoms with Crippen LogP contribution >= 0.6 is 28.3 Å². The van der Waals surface area contributed by atoms with Gasteiger partial charge in [0.15, 0.2) is 5.82 Å². The molecule has 5 nitrogen and oxygen atoms in total. The van der Waals surface area contributed by atoms with E-state index in [4.69, 9.17) is 0 Å². The van der Waals surface area contributed by atoms with E-state index in [9.17, 15) is 4.79 Å². The van der Waals surface area contributed by atoms with Crippen LogP contribution < -0.4 is 10.6 Å². The molecule has 1 aliphatic rings. The second-order valence-corrected chi connectivity index (χ2v) is 6.38. The minimum absolute atomic E-state index is 0. The number of rotatable bonds is 4. The third kappa shape index (κ3) is 3.94. The zero-order chi connectivity index (χ0) is 15.5. The summed E-state index contributed by atoms with van der Waals surface area (Å²) in [7, 11) is 0. The summed E-state index contributed by atoms with van der Waals surface area (Å²) < 4.78 is 1.04. The lowest BCUT2D eigenvalue weighted by Crippen LogP contribution is -2.25. The predicted octanol–water partition coefficient (Wildman–Crippen LogP) is 3.37. The van der Waals surface area contributed by atoms with Gasteiger partial charge < -0.3 is 10.6 Å². The van der Waals surface area contributed by atoms with Crippen LogP contribution in [0.25, 0.3) is 11.3 Å². The Morgan fingerprint density at radius 1 is 1.39 bits per heavy atom. The van der Waals surface area contributed by atoms with E-state index in [0.29, 0.717) is 5.82 Å². The van der Waals surface area contributed by atoms with Gasteiger partial charge in [0.1, 0.15) is 0 Å². The van der Waals surface area contributed by atoms with Crippen LogP contribution in [0.3, 0.4) is 0 Å². The van der Waals surface area contributed by atoms with Crippen LogP contribution in [0.2, 0.25) is 0 Å². The summed E-state index contributed by atoms with van der Waals surface area (Å²) in [5, 5.41) is 13.6. The first-order valence-corrected chi connectivity index (χ1v) is 8.33. The maximum Gasteiger partial charge on any atom is 0.230 e. The minimum Gasteiger partial charge on any atom is -0.316 e. The van der Waals surface area contributed by atoms with Gasteiger partial charge in [-0.2, -0.15) is 5.10 Å². The van der Waals surface area contributed by atoms with E-state index < -0.39 is 0 Å². The molecular formula is C16H20BrClN4O. The maximum atomic E-state index is 12.3. The molecule has 124 valence electrons. The Morgan fingerprint density at radius 3 is 2.74 bits per heavy atom. The zero-order valence-electron chi connectivity index (χ0n) is 12.9. The summed E-state index contributed by atoms with van der Waals surface area (Å²) in [6, 6.07) is 8.06. The Labute approximate surface area is 150 Å². The summed E-state index contributed by atoms with van der Waals surface area (Å²) in [6.45, 7) is 3.72. The molecule has 1 aromatic carbocycles. The smallest absolute Gasteiger partial charge is 0.230 e. The second-order valence-electron chi connectivity index (χ2n) is 5.47. The second kappa shape index (κ2) is 7.95. The molecule has 0 saturated carbocycles. The first kappa shape index (κ1) is 18.0. The molecule has 1 amide bonds. The fourth-order valence-electron chi connectivity index (χ4n) is 2.77. The SMILES string of the molecule is CCc1c(NC(=O)C2CCNC2)n[nH]c1-c1ccc(Br)cc1.Cl. The molecule has 0 bridgehead atoms. The molecule has 2 heterocycles. The van der Waals surface area contributed by atoms with Gasteiger partial charge in [-0.3, -0.25) is 9.89 Å². The van der Waals surface area contributed by atoms with Crippen LogP contribution in [-0.4, -0.2) is 29.2 Å². The molecule has 2 aromatic rings. The van der Waals surface area contributed by atoms with Gasteiger partial charge in [0.25, 0.3) is 0 Å². The van der Waals surface area contributed by atoms with E-state index in [1.165, 1.54) is 0 Å². The van der Waals surface area contributed by atoms with Crippen molar-refractivity contribution in [3.05, 3.63) is 34.3 Å². The Bertz CT molecular complexity index is 665. The molecular weight excluding hydrogens is 380 g/mol. The van der Waals surface area contributed by atoms with Crippen molar-refractivity contribution in [3.63, 3.8) is 0 Å². The number of halogens is 2. The highest BCUT2D eigenvalue weighted by atomic mass is 79.9. The van der Waals surface area contributed by atoms with Crippen LogP contribution in [0, 0.1) is 5.92 Å². The van der Waals surface area contributed by atoms with Crippen molar-refractivity contribution in [2.45, 2.75) is 19.8 Å². The number of anilines is 1. The Kier molecular flexibility index (Phi) is 6.21. The summed E-state index contributed by atoms with van der Waals surface area (Å²) in [5.41, 5.74) is 3.08. The van der Waals surface area contributed by atoms with Gasteiger partial charge in [-0.25, -0.2) is 0 Å². The van der Waals surface area contributed by atoms with E-state index in [-0.39, 0.29) is 24.2 Å². The first-order chi connectivity index (χ1) is 10.7. The van der Waals surface area contributed by atoms with Crippen molar-refractivity contribution in [2.24, 2.45) is 5.92 Å². The molecule has 0 radical (unpaired) electrons. The van der Waals surface area contributed by atoms with Crippen molar-refractivity contribution in [1.29, 1.82) is 0 Å². The lowest BCUT2D eigenvalue weighted by Gasteiger charge is -2.09. The Hall–Kier alpha value is -1.37. The van der Waals surface area contributed by atoms with Crippen LogP contribution in [-0.2, 0) is 11.2 Å². The summed E-state index contributed by atoms with van der Waals surface area (Å²) in [6.07, 6.45) is 1.69. The van der Waals surface area contributed by atoms with Gasteiger partial charge >= 0.3 is 0 Å². The van der Waals surface area contributed by atoms with Crippen LogP contribution in [0.5, 0.6) is 0 Å². The standard InChI is InChI=1S/C16H19BrN4O.ClH/c1-2-13-14(10-3-5-12(17)6-4-10)20-21-15(13)19-16(22)11-7-8-18-9-11;/h3-6,11,18H,2,7-9H2,1H3,(H2,19,20,21,22);1H. The molecule has 7 heteroatoms. The predicted molar refractivity (Wildman–Crippen MR) is 98.0 cm³/mol. The summed E-state index contributed by atoms with van der Waals surface area (Å²) in [5.74, 6) is 0.739. The van der Waals surface area contributed by atoms with Gasteiger partial charge in [-0.05, 0) is 37.1 Å². The normalized spacial score (nSPS) is 16.9. The lowest BCUT2D eigenvalue weighted by molar-refractivity contribution is -0.119. The van der Waals surface area contributed by atoms with E-state index in [0.717, 1.165) is 47.2 Å². The van der Waals surface area contributed by atoms with Crippen molar-refractivity contribution < 1.29 is 4.79 Å². The molecule has 3 rings (SSSR count). The molecule has 1 saturated heterocycles. The van der Waals surface area contributed by atoms with Crippen LogP contribution in [0.1, 0.15) is 18.9 Å². The van der Waals surface area contributed by atoms with Gasteiger partial charge in [-0.1, -0.05) is 35.0 Å². The topological polar surface area (TPSA) is 69.8 Å². The number of nitrogens with zero attached hydrogens (tertiary/aromatic N) is 1. The molecule has 0 spiro atoms. The zero-order valence-corrected chi connectivity index (χ0v) is 15.3.